The number of halogens is 3. The number of hydrogen-bond donors (Lipinski definition) is 1. The van der Waals surface area contributed by atoms with E-state index in [0.717, 1.165) is 12.1 Å². The lowest BCUT2D eigenvalue weighted by Gasteiger charge is -2.23. The highest BCUT2D eigenvalue weighted by atomic mass is 32.2. The van der Waals surface area contributed by atoms with Gasteiger partial charge in [0, 0.05) is 6.54 Å². The number of nitrogens with zero attached hydrogens (tertiary/aromatic N) is 1. The fraction of sp³-hybridized carbons (Fsp3) is 0.294. The quantitative estimate of drug-likeness (QED) is 0.792. The minimum absolute atomic E-state index is 0.325. The van der Waals surface area contributed by atoms with Crippen molar-refractivity contribution in [3.8, 4) is 5.75 Å². The fourth-order valence-electron chi connectivity index (χ4n) is 2.39. The minimum atomic E-state index is -4.99. The van der Waals surface area contributed by atoms with Gasteiger partial charge in [-0.3, -0.25) is 0 Å². The number of rotatable bonds is 7. The molecule has 0 bridgehead atoms. The molecular formula is C17H19F3N2O3S. The first-order chi connectivity index (χ1) is 12.1. The fourth-order valence-corrected chi connectivity index (χ4v) is 3.74. The molecule has 1 unspecified atom stereocenters. The summed E-state index contributed by atoms with van der Waals surface area (Å²) in [6, 6.07) is 12.8. The molecule has 2 aromatic carbocycles. The molecule has 142 valence electrons. The Hall–Kier alpha value is -2.10. The van der Waals surface area contributed by atoms with Crippen LogP contribution in [-0.2, 0) is 10.0 Å². The van der Waals surface area contributed by atoms with E-state index in [1.807, 2.05) is 0 Å². The largest absolute Gasteiger partial charge is 0.573 e. The van der Waals surface area contributed by atoms with E-state index in [2.05, 4.69) is 9.46 Å². The van der Waals surface area contributed by atoms with E-state index in [0.29, 0.717) is 12.1 Å². The Labute approximate surface area is 150 Å². The number of para-hydroxylation sites is 1. The lowest BCUT2D eigenvalue weighted by Crippen LogP contribution is -2.35. The van der Waals surface area contributed by atoms with Crippen LogP contribution in [0.5, 0.6) is 5.75 Å². The summed E-state index contributed by atoms with van der Waals surface area (Å²) in [5.41, 5.74) is 0.694. The number of benzene rings is 2. The maximum Gasteiger partial charge on any atom is 0.573 e. The summed E-state index contributed by atoms with van der Waals surface area (Å²) in [6.07, 6.45) is -4.99. The number of nitrogens with one attached hydrogen (secondary N) is 1. The number of ether oxygens (including phenoxy) is 1. The third kappa shape index (κ3) is 5.72. The van der Waals surface area contributed by atoms with Gasteiger partial charge in [0.1, 0.15) is 10.6 Å². The molecule has 0 fully saturated rings. The average Bonchev–Trinajstić information content (AvgIpc) is 2.53. The Bertz CT molecular complexity index is 825. The van der Waals surface area contributed by atoms with Crippen LogP contribution in [0.25, 0.3) is 0 Å². The van der Waals surface area contributed by atoms with E-state index in [9.17, 15) is 21.6 Å². The molecular weight excluding hydrogens is 369 g/mol. The lowest BCUT2D eigenvalue weighted by molar-refractivity contribution is -0.275. The van der Waals surface area contributed by atoms with Crippen LogP contribution >= 0.6 is 0 Å². The molecule has 1 atom stereocenters. The van der Waals surface area contributed by atoms with Gasteiger partial charge < -0.3 is 9.64 Å². The van der Waals surface area contributed by atoms with E-state index in [1.54, 1.807) is 49.3 Å². The van der Waals surface area contributed by atoms with Crippen molar-refractivity contribution < 1.29 is 26.3 Å². The third-order valence-corrected chi connectivity index (χ3v) is 4.92. The Morgan fingerprint density at radius 1 is 1.04 bits per heavy atom. The maximum atomic E-state index is 12.7. The molecule has 5 nitrogen and oxygen atoms in total. The average molecular weight is 388 g/mol. The number of hydrogen-bond acceptors (Lipinski definition) is 4. The Morgan fingerprint density at radius 3 is 2.19 bits per heavy atom. The van der Waals surface area contributed by atoms with Crippen LogP contribution in [0.3, 0.4) is 0 Å². The molecule has 0 saturated carbocycles. The van der Waals surface area contributed by atoms with Gasteiger partial charge in [-0.15, -0.1) is 13.2 Å². The molecule has 9 heteroatoms. The smallest absolute Gasteiger partial charge is 0.404 e. The van der Waals surface area contributed by atoms with Crippen LogP contribution in [0, 0.1) is 0 Å². The highest BCUT2D eigenvalue weighted by Crippen LogP contribution is 2.30. The molecule has 0 radical (unpaired) electrons. The van der Waals surface area contributed by atoms with Crippen molar-refractivity contribution in [3.63, 3.8) is 0 Å². The lowest BCUT2D eigenvalue weighted by atomic mass is 10.1. The Balaban J connectivity index is 2.37. The molecule has 0 aliphatic heterocycles. The van der Waals surface area contributed by atoms with Gasteiger partial charge in [-0.2, -0.15) is 0 Å². The van der Waals surface area contributed by atoms with Gasteiger partial charge in [-0.25, -0.2) is 13.1 Å². The van der Waals surface area contributed by atoms with Crippen LogP contribution in [0.4, 0.5) is 13.2 Å². The third-order valence-electron chi connectivity index (χ3n) is 3.41. The van der Waals surface area contributed by atoms with Gasteiger partial charge in [0.25, 0.3) is 0 Å². The second kappa shape index (κ2) is 8.07. The van der Waals surface area contributed by atoms with Crippen molar-refractivity contribution in [1.82, 2.24) is 9.62 Å². The second-order valence-corrected chi connectivity index (χ2v) is 7.52. The SMILES string of the molecule is CN(C)CC(NS(=O)(=O)c1ccccc1OC(F)(F)F)c1ccccc1. The molecule has 0 aliphatic carbocycles. The van der Waals surface area contributed by atoms with Crippen molar-refractivity contribution in [2.24, 2.45) is 0 Å². The van der Waals surface area contributed by atoms with Gasteiger partial charge in [0.15, 0.2) is 0 Å². The van der Waals surface area contributed by atoms with Crippen LogP contribution in [0.2, 0.25) is 0 Å². The van der Waals surface area contributed by atoms with Gasteiger partial charge in [0.2, 0.25) is 10.0 Å². The summed E-state index contributed by atoms with van der Waals surface area (Å²) in [4.78, 5) is 1.20. The van der Waals surface area contributed by atoms with Crippen molar-refractivity contribution in [1.29, 1.82) is 0 Å². The molecule has 0 spiro atoms. The van der Waals surface area contributed by atoms with E-state index >= 15 is 0 Å². The van der Waals surface area contributed by atoms with Crippen LogP contribution in [0.15, 0.2) is 59.5 Å². The normalized spacial score (nSPS) is 13.6. The first kappa shape index (κ1) is 20.2. The summed E-state index contributed by atoms with van der Waals surface area (Å²) in [6.45, 7) is 0.325. The zero-order chi connectivity index (χ0) is 19.4. The molecule has 1 N–H and O–H groups in total. The monoisotopic (exact) mass is 388 g/mol. The van der Waals surface area contributed by atoms with Crippen molar-refractivity contribution >= 4 is 10.0 Å². The second-order valence-electron chi connectivity index (χ2n) is 5.84. The standard InChI is InChI=1S/C17H19F3N2O3S/c1-22(2)12-14(13-8-4-3-5-9-13)21-26(23,24)16-11-7-6-10-15(16)25-17(18,19)20/h3-11,14,21H,12H2,1-2H3. The zero-order valence-corrected chi connectivity index (χ0v) is 15.0. The predicted octanol–water partition coefficient (Wildman–Crippen LogP) is 3.17. The van der Waals surface area contributed by atoms with Crippen LogP contribution in [0.1, 0.15) is 11.6 Å². The minimum Gasteiger partial charge on any atom is -0.404 e. The molecule has 0 amide bonds. The van der Waals surface area contributed by atoms with Gasteiger partial charge >= 0.3 is 6.36 Å². The van der Waals surface area contributed by atoms with Crippen LogP contribution < -0.4 is 9.46 Å². The molecule has 2 rings (SSSR count). The van der Waals surface area contributed by atoms with Crippen molar-refractivity contribution in [2.45, 2.75) is 17.3 Å². The maximum absolute atomic E-state index is 12.7. The van der Waals surface area contributed by atoms with Crippen molar-refractivity contribution in [3.05, 3.63) is 60.2 Å². The molecule has 0 aliphatic rings. The van der Waals surface area contributed by atoms with E-state index in [1.165, 1.54) is 12.1 Å². The predicted molar refractivity (Wildman–Crippen MR) is 91.2 cm³/mol. The van der Waals surface area contributed by atoms with Gasteiger partial charge in [-0.05, 0) is 31.8 Å². The van der Waals surface area contributed by atoms with Crippen molar-refractivity contribution in [2.75, 3.05) is 20.6 Å². The number of likely N-dealkylation sites (N-methyl/N-ethyl adjacent to an activating group) is 1. The van der Waals surface area contributed by atoms with Gasteiger partial charge in [0.05, 0.1) is 6.04 Å². The Kier molecular flexibility index (Phi) is 6.27. The first-order valence-electron chi connectivity index (χ1n) is 7.65. The Morgan fingerprint density at radius 2 is 1.62 bits per heavy atom. The van der Waals surface area contributed by atoms with Gasteiger partial charge in [-0.1, -0.05) is 42.5 Å². The molecule has 26 heavy (non-hydrogen) atoms. The molecule has 0 saturated heterocycles. The highest BCUT2D eigenvalue weighted by Gasteiger charge is 2.34. The van der Waals surface area contributed by atoms with E-state index in [4.69, 9.17) is 0 Å². The topological polar surface area (TPSA) is 58.6 Å². The van der Waals surface area contributed by atoms with E-state index < -0.39 is 33.1 Å². The number of alkyl halides is 3. The summed E-state index contributed by atoms with van der Waals surface area (Å²) in [5, 5.41) is 0. The summed E-state index contributed by atoms with van der Waals surface area (Å²) in [7, 11) is -0.720. The molecule has 0 aromatic heterocycles. The molecule has 0 heterocycles. The summed E-state index contributed by atoms with van der Waals surface area (Å²) >= 11 is 0. The summed E-state index contributed by atoms with van der Waals surface area (Å²) < 4.78 is 69.5. The highest BCUT2D eigenvalue weighted by molar-refractivity contribution is 7.89. The van der Waals surface area contributed by atoms with Crippen LogP contribution in [-0.4, -0.2) is 40.3 Å². The summed E-state index contributed by atoms with van der Waals surface area (Å²) in [5.74, 6) is -0.774. The number of sulfonamides is 1. The first-order valence-corrected chi connectivity index (χ1v) is 9.13. The zero-order valence-electron chi connectivity index (χ0n) is 14.2. The molecule has 2 aromatic rings. The van der Waals surface area contributed by atoms with E-state index in [-0.39, 0.29) is 0 Å².